The Balaban J connectivity index is 2.24. The smallest absolute Gasteiger partial charge is 0.271 e. The number of nitrogen functional groups attached to an aromatic ring is 1. The van der Waals surface area contributed by atoms with E-state index in [-0.39, 0.29) is 5.69 Å². The molecule has 2 aromatic carbocycles. The van der Waals surface area contributed by atoms with Crippen molar-refractivity contribution in [3.63, 3.8) is 0 Å². The first-order valence-electron chi connectivity index (χ1n) is 6.49. The number of benzene rings is 2. The van der Waals surface area contributed by atoms with E-state index >= 15 is 0 Å². The van der Waals surface area contributed by atoms with Crippen molar-refractivity contribution in [1.82, 2.24) is 0 Å². The van der Waals surface area contributed by atoms with Crippen molar-refractivity contribution in [2.45, 2.75) is 6.42 Å². The van der Waals surface area contributed by atoms with Crippen LogP contribution in [0.1, 0.15) is 5.56 Å². The fourth-order valence-electron chi connectivity index (χ4n) is 1.99. The molecule has 0 saturated carbocycles. The van der Waals surface area contributed by atoms with E-state index in [1.54, 1.807) is 13.2 Å². The maximum absolute atomic E-state index is 10.7. The number of nitro benzene ring substituents is 1. The minimum absolute atomic E-state index is 0.0225. The average Bonchev–Trinajstić information content (AvgIpc) is 2.48. The number of para-hydroxylation sites is 1. The molecule has 0 spiro atoms. The molecule has 0 heterocycles. The fourth-order valence-corrected chi connectivity index (χ4v) is 1.99. The molecule has 21 heavy (non-hydrogen) atoms. The second-order valence-corrected chi connectivity index (χ2v) is 4.55. The SMILES string of the molecule is COCCc1ccccc1Nc1ccc([N+](=O)[O-])cc1N. The number of nitrogens with one attached hydrogen (secondary N) is 1. The van der Waals surface area contributed by atoms with Crippen LogP contribution < -0.4 is 11.1 Å². The average molecular weight is 287 g/mol. The summed E-state index contributed by atoms with van der Waals surface area (Å²) in [4.78, 5) is 10.2. The zero-order chi connectivity index (χ0) is 15.2. The summed E-state index contributed by atoms with van der Waals surface area (Å²) in [5.74, 6) is 0. The number of hydrogen-bond donors (Lipinski definition) is 2. The van der Waals surface area contributed by atoms with Crippen LogP contribution in [0.25, 0.3) is 0 Å². The number of nitrogens with zero attached hydrogens (tertiary/aromatic N) is 1. The molecule has 0 radical (unpaired) electrons. The lowest BCUT2D eigenvalue weighted by molar-refractivity contribution is -0.384. The van der Waals surface area contributed by atoms with Crippen LogP contribution in [0.4, 0.5) is 22.7 Å². The van der Waals surface area contributed by atoms with Gasteiger partial charge >= 0.3 is 0 Å². The van der Waals surface area contributed by atoms with E-state index < -0.39 is 4.92 Å². The van der Waals surface area contributed by atoms with Gasteiger partial charge in [0.1, 0.15) is 0 Å². The molecule has 6 heteroatoms. The zero-order valence-electron chi connectivity index (χ0n) is 11.7. The van der Waals surface area contributed by atoms with E-state index in [2.05, 4.69) is 5.32 Å². The lowest BCUT2D eigenvalue weighted by atomic mass is 10.1. The summed E-state index contributed by atoms with van der Waals surface area (Å²) in [6.45, 7) is 0.619. The molecule has 0 aliphatic rings. The van der Waals surface area contributed by atoms with E-state index in [4.69, 9.17) is 10.5 Å². The van der Waals surface area contributed by atoms with Gasteiger partial charge in [-0.15, -0.1) is 0 Å². The van der Waals surface area contributed by atoms with E-state index in [0.29, 0.717) is 18.0 Å². The van der Waals surface area contributed by atoms with E-state index in [0.717, 1.165) is 17.7 Å². The highest BCUT2D eigenvalue weighted by molar-refractivity contribution is 5.75. The van der Waals surface area contributed by atoms with Gasteiger partial charge in [-0.25, -0.2) is 0 Å². The largest absolute Gasteiger partial charge is 0.397 e. The molecule has 2 aromatic rings. The first kappa shape index (κ1) is 14.8. The lowest BCUT2D eigenvalue weighted by Crippen LogP contribution is -2.02. The lowest BCUT2D eigenvalue weighted by Gasteiger charge is -2.13. The van der Waals surface area contributed by atoms with Gasteiger partial charge < -0.3 is 15.8 Å². The van der Waals surface area contributed by atoms with Crippen LogP contribution in [0, 0.1) is 10.1 Å². The van der Waals surface area contributed by atoms with Crippen LogP contribution in [0.3, 0.4) is 0 Å². The molecular formula is C15H17N3O3. The maximum atomic E-state index is 10.7. The van der Waals surface area contributed by atoms with Crippen LogP contribution in [0.15, 0.2) is 42.5 Å². The molecule has 3 N–H and O–H groups in total. The van der Waals surface area contributed by atoms with Crippen molar-refractivity contribution in [2.24, 2.45) is 0 Å². The molecule has 0 amide bonds. The Labute approximate surface area is 122 Å². The Morgan fingerprint density at radius 1 is 1.24 bits per heavy atom. The third-order valence-electron chi connectivity index (χ3n) is 3.11. The number of hydrogen-bond acceptors (Lipinski definition) is 5. The van der Waals surface area contributed by atoms with Crippen molar-refractivity contribution < 1.29 is 9.66 Å². The second-order valence-electron chi connectivity index (χ2n) is 4.55. The predicted octanol–water partition coefficient (Wildman–Crippen LogP) is 3.11. The summed E-state index contributed by atoms with van der Waals surface area (Å²) < 4.78 is 5.09. The number of nitrogens with two attached hydrogens (primary N) is 1. The summed E-state index contributed by atoms with van der Waals surface area (Å²) in [5.41, 5.74) is 8.83. The summed E-state index contributed by atoms with van der Waals surface area (Å²) in [6, 6.07) is 12.2. The van der Waals surface area contributed by atoms with Crippen molar-refractivity contribution in [2.75, 3.05) is 24.8 Å². The second kappa shape index (κ2) is 6.71. The van der Waals surface area contributed by atoms with Gasteiger partial charge in [0.05, 0.1) is 22.9 Å². The molecule has 6 nitrogen and oxygen atoms in total. The van der Waals surface area contributed by atoms with Crippen molar-refractivity contribution >= 4 is 22.7 Å². The van der Waals surface area contributed by atoms with Gasteiger partial charge in [-0.1, -0.05) is 18.2 Å². The van der Waals surface area contributed by atoms with Gasteiger partial charge in [0, 0.05) is 24.9 Å². The van der Waals surface area contributed by atoms with E-state index in [1.165, 1.54) is 12.1 Å². The van der Waals surface area contributed by atoms with Crippen LogP contribution in [-0.4, -0.2) is 18.6 Å². The van der Waals surface area contributed by atoms with E-state index in [9.17, 15) is 10.1 Å². The third-order valence-corrected chi connectivity index (χ3v) is 3.11. The third kappa shape index (κ3) is 3.70. The summed E-state index contributed by atoms with van der Waals surface area (Å²) in [7, 11) is 1.66. The van der Waals surface area contributed by atoms with Gasteiger partial charge in [-0.2, -0.15) is 0 Å². The number of ether oxygens (including phenoxy) is 1. The Morgan fingerprint density at radius 2 is 2.00 bits per heavy atom. The Kier molecular flexibility index (Phi) is 4.73. The first-order valence-corrected chi connectivity index (χ1v) is 6.49. The molecular weight excluding hydrogens is 270 g/mol. The fraction of sp³-hybridized carbons (Fsp3) is 0.200. The highest BCUT2D eigenvalue weighted by Gasteiger charge is 2.10. The van der Waals surface area contributed by atoms with E-state index in [1.807, 2.05) is 24.3 Å². The Bertz CT molecular complexity index is 644. The molecule has 0 bridgehead atoms. The van der Waals surface area contributed by atoms with Crippen LogP contribution in [0.2, 0.25) is 0 Å². The van der Waals surface area contributed by atoms with Crippen LogP contribution >= 0.6 is 0 Å². The number of methoxy groups -OCH3 is 1. The standard InChI is InChI=1S/C15H17N3O3/c1-21-9-8-11-4-2-3-5-14(11)17-15-7-6-12(18(19)20)10-13(15)16/h2-7,10,17H,8-9,16H2,1H3. The van der Waals surface area contributed by atoms with Crippen molar-refractivity contribution in [3.05, 3.63) is 58.1 Å². The van der Waals surface area contributed by atoms with Crippen molar-refractivity contribution in [3.8, 4) is 0 Å². The normalized spacial score (nSPS) is 10.3. The molecule has 0 aliphatic heterocycles. The highest BCUT2D eigenvalue weighted by Crippen LogP contribution is 2.28. The zero-order valence-corrected chi connectivity index (χ0v) is 11.7. The van der Waals surface area contributed by atoms with Gasteiger partial charge in [-0.3, -0.25) is 10.1 Å². The van der Waals surface area contributed by atoms with Gasteiger partial charge in [0.2, 0.25) is 0 Å². The quantitative estimate of drug-likeness (QED) is 0.484. The van der Waals surface area contributed by atoms with Crippen molar-refractivity contribution in [1.29, 1.82) is 0 Å². The molecule has 0 aromatic heterocycles. The van der Waals surface area contributed by atoms with Gasteiger partial charge in [-0.05, 0) is 24.1 Å². The monoisotopic (exact) mass is 287 g/mol. The van der Waals surface area contributed by atoms with Gasteiger partial charge in [0.15, 0.2) is 0 Å². The molecule has 0 saturated heterocycles. The molecule has 0 aliphatic carbocycles. The number of rotatable bonds is 6. The highest BCUT2D eigenvalue weighted by atomic mass is 16.6. The first-order chi connectivity index (χ1) is 10.1. The van der Waals surface area contributed by atoms with Gasteiger partial charge in [0.25, 0.3) is 5.69 Å². The summed E-state index contributed by atoms with van der Waals surface area (Å²) in [6.07, 6.45) is 0.770. The minimum Gasteiger partial charge on any atom is -0.397 e. The number of non-ortho nitro benzene ring substituents is 1. The Morgan fingerprint density at radius 3 is 2.67 bits per heavy atom. The number of anilines is 3. The van der Waals surface area contributed by atoms with Crippen LogP contribution in [0.5, 0.6) is 0 Å². The summed E-state index contributed by atoms with van der Waals surface area (Å²) in [5, 5.41) is 13.9. The molecule has 2 rings (SSSR count). The Hall–Kier alpha value is -2.60. The molecule has 0 unspecified atom stereocenters. The molecule has 0 fully saturated rings. The maximum Gasteiger partial charge on any atom is 0.271 e. The molecule has 110 valence electrons. The van der Waals surface area contributed by atoms with Crippen LogP contribution in [-0.2, 0) is 11.2 Å². The topological polar surface area (TPSA) is 90.4 Å². The molecule has 0 atom stereocenters. The predicted molar refractivity (Wildman–Crippen MR) is 82.8 cm³/mol. The summed E-state index contributed by atoms with van der Waals surface area (Å²) >= 11 is 0. The number of nitro groups is 1. The minimum atomic E-state index is -0.466.